The molecule has 0 spiro atoms. The van der Waals surface area contributed by atoms with Crippen LogP contribution in [0.4, 0.5) is 0 Å². The van der Waals surface area contributed by atoms with Crippen LogP contribution in [0.5, 0.6) is 0 Å². The number of aromatic nitrogens is 2. The lowest BCUT2D eigenvalue weighted by molar-refractivity contribution is -0.122. The molecule has 0 bridgehead atoms. The lowest BCUT2D eigenvalue weighted by Gasteiger charge is -2.41. The maximum absolute atomic E-state index is 12.4. The van der Waals surface area contributed by atoms with E-state index in [1.54, 1.807) is 18.2 Å². The second kappa shape index (κ2) is 7.35. The molecule has 1 fully saturated rings. The van der Waals surface area contributed by atoms with Crippen LogP contribution in [0, 0.1) is 0 Å². The van der Waals surface area contributed by atoms with Crippen molar-refractivity contribution in [2.24, 2.45) is 0 Å². The summed E-state index contributed by atoms with van der Waals surface area (Å²) >= 11 is 0. The number of piperidine rings is 1. The Morgan fingerprint density at radius 3 is 2.68 bits per heavy atom. The third-order valence-corrected chi connectivity index (χ3v) is 4.98. The molecule has 6 heteroatoms. The molecule has 2 heterocycles. The molecule has 25 heavy (non-hydrogen) atoms. The summed E-state index contributed by atoms with van der Waals surface area (Å²) in [5.41, 5.74) is 0.384. The predicted molar refractivity (Wildman–Crippen MR) is 98.5 cm³/mol. The van der Waals surface area contributed by atoms with E-state index in [0.29, 0.717) is 17.4 Å². The number of hydrogen-bond acceptors (Lipinski definition) is 4. The average molecular weight is 342 g/mol. The van der Waals surface area contributed by atoms with E-state index in [-0.39, 0.29) is 23.6 Å². The third kappa shape index (κ3) is 4.07. The zero-order valence-corrected chi connectivity index (χ0v) is 15.0. The molecule has 0 saturated carbocycles. The fourth-order valence-corrected chi connectivity index (χ4v) is 3.36. The van der Waals surface area contributed by atoms with Crippen molar-refractivity contribution >= 4 is 16.8 Å². The molecule has 0 radical (unpaired) electrons. The summed E-state index contributed by atoms with van der Waals surface area (Å²) in [6, 6.07) is 7.17. The number of nitrogens with one attached hydrogen (secondary N) is 1. The van der Waals surface area contributed by atoms with E-state index in [4.69, 9.17) is 0 Å². The van der Waals surface area contributed by atoms with Gasteiger partial charge in [0.05, 0.1) is 17.2 Å². The Labute approximate surface area is 147 Å². The fourth-order valence-electron chi connectivity index (χ4n) is 3.36. The summed E-state index contributed by atoms with van der Waals surface area (Å²) in [6.45, 7) is 7.03. The first-order chi connectivity index (χ1) is 12.0. The number of rotatable bonds is 5. The van der Waals surface area contributed by atoms with Gasteiger partial charge in [-0.1, -0.05) is 18.6 Å². The van der Waals surface area contributed by atoms with Crippen LogP contribution in [0.2, 0.25) is 0 Å². The Morgan fingerprint density at radius 2 is 1.92 bits per heavy atom. The van der Waals surface area contributed by atoms with Crippen LogP contribution < -0.4 is 10.9 Å². The Hall–Kier alpha value is -2.21. The van der Waals surface area contributed by atoms with Crippen LogP contribution in [0.3, 0.4) is 0 Å². The van der Waals surface area contributed by atoms with Gasteiger partial charge < -0.3 is 5.32 Å². The number of nitrogens with zero attached hydrogens (tertiary/aromatic N) is 3. The van der Waals surface area contributed by atoms with Gasteiger partial charge in [-0.2, -0.15) is 0 Å². The Morgan fingerprint density at radius 1 is 1.20 bits per heavy atom. The van der Waals surface area contributed by atoms with Crippen molar-refractivity contribution in [2.45, 2.75) is 45.2 Å². The monoisotopic (exact) mass is 342 g/mol. The Balaban J connectivity index is 1.63. The molecule has 0 aliphatic carbocycles. The summed E-state index contributed by atoms with van der Waals surface area (Å²) in [6.07, 6.45) is 5.17. The number of carbonyl (C=O) groups excluding carboxylic acids is 1. The molecule has 1 aromatic carbocycles. The van der Waals surface area contributed by atoms with E-state index < -0.39 is 0 Å². The molecule has 1 aliphatic rings. The van der Waals surface area contributed by atoms with Gasteiger partial charge in [0.2, 0.25) is 5.91 Å². The summed E-state index contributed by atoms with van der Waals surface area (Å²) < 4.78 is 1.37. The molecule has 0 unspecified atom stereocenters. The first kappa shape index (κ1) is 17.6. The van der Waals surface area contributed by atoms with Crippen molar-refractivity contribution in [2.75, 3.05) is 19.6 Å². The number of benzene rings is 1. The molecule has 1 aromatic heterocycles. The molecule has 1 saturated heterocycles. The molecular formula is C19H26N4O2. The van der Waals surface area contributed by atoms with Crippen LogP contribution >= 0.6 is 0 Å². The second-order valence-corrected chi connectivity index (χ2v) is 7.33. The smallest absolute Gasteiger partial charge is 0.261 e. The van der Waals surface area contributed by atoms with Gasteiger partial charge in [0.25, 0.3) is 5.56 Å². The fraction of sp³-hybridized carbons (Fsp3) is 0.526. The number of amides is 1. The molecule has 1 amide bonds. The van der Waals surface area contributed by atoms with Gasteiger partial charge in [-0.05, 0) is 51.9 Å². The highest BCUT2D eigenvalue weighted by molar-refractivity contribution is 5.78. The van der Waals surface area contributed by atoms with Crippen LogP contribution in [-0.2, 0) is 11.3 Å². The van der Waals surface area contributed by atoms with Crippen LogP contribution in [0.25, 0.3) is 10.9 Å². The molecule has 3 rings (SSSR count). The number of para-hydroxylation sites is 1. The minimum atomic E-state index is -0.184. The van der Waals surface area contributed by atoms with E-state index in [1.807, 2.05) is 6.07 Å². The SMILES string of the molecule is CC(C)(CNC(=O)Cn1cnc2ccccc2c1=O)N1CCCCC1. The van der Waals surface area contributed by atoms with Crippen molar-refractivity contribution in [3.63, 3.8) is 0 Å². The van der Waals surface area contributed by atoms with E-state index in [1.165, 1.54) is 30.2 Å². The second-order valence-electron chi connectivity index (χ2n) is 7.33. The van der Waals surface area contributed by atoms with E-state index in [2.05, 4.69) is 29.0 Å². The summed E-state index contributed by atoms with van der Waals surface area (Å²) in [5, 5.41) is 3.51. The number of carbonyl (C=O) groups is 1. The number of fused-ring (bicyclic) bond motifs is 1. The van der Waals surface area contributed by atoms with Crippen molar-refractivity contribution in [1.29, 1.82) is 0 Å². The minimum absolute atomic E-state index is 0.00719. The van der Waals surface area contributed by atoms with Gasteiger partial charge in [-0.25, -0.2) is 4.98 Å². The highest BCUT2D eigenvalue weighted by atomic mass is 16.2. The summed E-state index contributed by atoms with van der Waals surface area (Å²) in [5.74, 6) is -0.163. The minimum Gasteiger partial charge on any atom is -0.353 e. The van der Waals surface area contributed by atoms with E-state index in [9.17, 15) is 9.59 Å². The predicted octanol–water partition coefficient (Wildman–Crippen LogP) is 1.78. The lowest BCUT2D eigenvalue weighted by atomic mass is 9.98. The average Bonchev–Trinajstić information content (AvgIpc) is 2.63. The Kier molecular flexibility index (Phi) is 5.18. The first-order valence-electron chi connectivity index (χ1n) is 8.93. The molecule has 0 atom stereocenters. The normalized spacial score (nSPS) is 16.1. The molecule has 2 aromatic rings. The zero-order chi connectivity index (χ0) is 17.9. The maximum atomic E-state index is 12.4. The Bertz CT molecular complexity index is 806. The highest BCUT2D eigenvalue weighted by Gasteiger charge is 2.28. The summed E-state index contributed by atoms with van der Waals surface area (Å²) in [4.78, 5) is 31.4. The molecule has 1 aliphatic heterocycles. The van der Waals surface area contributed by atoms with Gasteiger partial charge in [0.1, 0.15) is 6.54 Å². The highest BCUT2D eigenvalue weighted by Crippen LogP contribution is 2.19. The molecule has 6 nitrogen and oxygen atoms in total. The van der Waals surface area contributed by atoms with Crippen LogP contribution in [-0.4, -0.2) is 45.5 Å². The van der Waals surface area contributed by atoms with Gasteiger partial charge in [0, 0.05) is 12.1 Å². The standard InChI is InChI=1S/C19H26N4O2/c1-19(2,23-10-6-3-7-11-23)13-20-17(24)12-22-14-21-16-9-5-4-8-15(16)18(22)25/h4-5,8-9,14H,3,6-7,10-13H2,1-2H3,(H,20,24). The van der Waals surface area contributed by atoms with Crippen molar-refractivity contribution < 1.29 is 4.79 Å². The van der Waals surface area contributed by atoms with Crippen LogP contribution in [0.15, 0.2) is 35.4 Å². The van der Waals surface area contributed by atoms with Crippen molar-refractivity contribution in [1.82, 2.24) is 19.8 Å². The molecule has 1 N–H and O–H groups in total. The van der Waals surface area contributed by atoms with Crippen molar-refractivity contribution in [3.8, 4) is 0 Å². The van der Waals surface area contributed by atoms with E-state index >= 15 is 0 Å². The largest absolute Gasteiger partial charge is 0.353 e. The molecule has 134 valence electrons. The van der Waals surface area contributed by atoms with Gasteiger partial charge in [-0.15, -0.1) is 0 Å². The zero-order valence-electron chi connectivity index (χ0n) is 15.0. The first-order valence-corrected chi connectivity index (χ1v) is 8.93. The summed E-state index contributed by atoms with van der Waals surface area (Å²) in [7, 11) is 0. The number of likely N-dealkylation sites (tertiary alicyclic amines) is 1. The van der Waals surface area contributed by atoms with Gasteiger partial charge in [0.15, 0.2) is 0 Å². The van der Waals surface area contributed by atoms with E-state index in [0.717, 1.165) is 13.1 Å². The van der Waals surface area contributed by atoms with Crippen LogP contribution in [0.1, 0.15) is 33.1 Å². The van der Waals surface area contributed by atoms with Gasteiger partial charge >= 0.3 is 0 Å². The van der Waals surface area contributed by atoms with Gasteiger partial charge in [-0.3, -0.25) is 19.1 Å². The lowest BCUT2D eigenvalue weighted by Crippen LogP contribution is -2.53. The number of hydrogen-bond donors (Lipinski definition) is 1. The third-order valence-electron chi connectivity index (χ3n) is 4.98. The quantitative estimate of drug-likeness (QED) is 0.899. The maximum Gasteiger partial charge on any atom is 0.261 e. The van der Waals surface area contributed by atoms with Crippen molar-refractivity contribution in [3.05, 3.63) is 40.9 Å². The topological polar surface area (TPSA) is 67.2 Å². The molecular weight excluding hydrogens is 316 g/mol.